The van der Waals surface area contributed by atoms with E-state index < -0.39 is 49.3 Å². The lowest BCUT2D eigenvalue weighted by Gasteiger charge is -2.39. The number of phenolic OH excluding ortho intramolecular Hbond substituents is 1. The number of aliphatic carboxylic acids is 1. The molecule has 6 atom stereocenters. The fourth-order valence-corrected chi connectivity index (χ4v) is 3.84. The van der Waals surface area contributed by atoms with Crippen molar-refractivity contribution in [1.29, 1.82) is 0 Å². The van der Waals surface area contributed by atoms with Crippen LogP contribution < -0.4 is 26.0 Å². The highest BCUT2D eigenvalue weighted by Gasteiger charge is 2.44. The minimum atomic E-state index is -1.58. The SMILES string of the molecule is CNC[C@@H](N)C(=O)O.COc1ccc(-c2coc3cc(O[C@@H]4O[C@H](CO)[C@@H](O)[C@H](O)[C@H]4O)ccc3c2=O)cc1O. The second kappa shape index (κ2) is 13.5. The molecule has 1 saturated heterocycles. The highest BCUT2D eigenvalue weighted by atomic mass is 16.7. The fraction of sp³-hybridized carbons (Fsp3) is 0.385. The van der Waals surface area contributed by atoms with E-state index >= 15 is 0 Å². The summed E-state index contributed by atoms with van der Waals surface area (Å²) in [5.41, 5.74) is 5.60. The number of aromatic hydroxyl groups is 1. The number of benzene rings is 2. The number of carboxylic acid groups (broad SMARTS) is 1. The number of phenols is 1. The van der Waals surface area contributed by atoms with Crippen molar-refractivity contribution in [1.82, 2.24) is 5.32 Å². The predicted molar refractivity (Wildman–Crippen MR) is 140 cm³/mol. The molecule has 9 N–H and O–H groups in total. The van der Waals surface area contributed by atoms with Crippen LogP contribution in [0.4, 0.5) is 0 Å². The molecule has 0 bridgehead atoms. The quantitative estimate of drug-likeness (QED) is 0.163. The molecule has 14 nitrogen and oxygen atoms in total. The minimum Gasteiger partial charge on any atom is -0.504 e. The molecule has 218 valence electrons. The largest absolute Gasteiger partial charge is 0.504 e. The lowest BCUT2D eigenvalue weighted by Crippen LogP contribution is -2.60. The molecule has 0 amide bonds. The highest BCUT2D eigenvalue weighted by molar-refractivity contribution is 5.83. The first-order valence-corrected chi connectivity index (χ1v) is 12.0. The molecule has 0 spiro atoms. The van der Waals surface area contributed by atoms with Crippen LogP contribution in [-0.2, 0) is 9.53 Å². The summed E-state index contributed by atoms with van der Waals surface area (Å²) in [6.07, 6.45) is -5.87. The van der Waals surface area contributed by atoms with Crippen molar-refractivity contribution in [3.8, 4) is 28.4 Å². The molecule has 1 aromatic heterocycles. The van der Waals surface area contributed by atoms with Gasteiger partial charge >= 0.3 is 5.97 Å². The molecular weight excluding hydrogens is 532 g/mol. The van der Waals surface area contributed by atoms with E-state index in [0.29, 0.717) is 12.1 Å². The maximum Gasteiger partial charge on any atom is 0.321 e. The van der Waals surface area contributed by atoms with Crippen LogP contribution in [0.5, 0.6) is 17.2 Å². The number of nitrogens with one attached hydrogen (secondary N) is 1. The van der Waals surface area contributed by atoms with Gasteiger partial charge in [-0.3, -0.25) is 9.59 Å². The molecule has 3 aromatic rings. The predicted octanol–water partition coefficient (Wildman–Crippen LogP) is -1.03. The van der Waals surface area contributed by atoms with Crippen molar-refractivity contribution in [2.45, 2.75) is 36.7 Å². The van der Waals surface area contributed by atoms with Crippen molar-refractivity contribution in [2.75, 3.05) is 27.3 Å². The number of rotatable bonds is 8. The molecule has 14 heteroatoms. The van der Waals surface area contributed by atoms with Crippen molar-refractivity contribution >= 4 is 16.9 Å². The molecular formula is C26H32N2O12. The van der Waals surface area contributed by atoms with Gasteiger partial charge in [0.15, 0.2) is 16.9 Å². The third-order valence-corrected chi connectivity index (χ3v) is 6.08. The van der Waals surface area contributed by atoms with E-state index in [9.17, 15) is 35.1 Å². The molecule has 0 radical (unpaired) electrons. The van der Waals surface area contributed by atoms with Crippen LogP contribution in [-0.4, -0.2) is 101 Å². The number of fused-ring (bicyclic) bond motifs is 1. The Morgan fingerprint density at radius 1 is 1.12 bits per heavy atom. The number of aliphatic hydroxyl groups is 4. The van der Waals surface area contributed by atoms with E-state index in [4.69, 9.17) is 29.5 Å². The smallest absolute Gasteiger partial charge is 0.321 e. The molecule has 1 fully saturated rings. The Labute approximate surface area is 227 Å². The van der Waals surface area contributed by atoms with Crippen LogP contribution in [0.1, 0.15) is 0 Å². The second-order valence-corrected chi connectivity index (χ2v) is 8.84. The van der Waals surface area contributed by atoms with Crippen LogP contribution in [0.2, 0.25) is 0 Å². The van der Waals surface area contributed by atoms with E-state index in [-0.39, 0.29) is 39.2 Å². The second-order valence-electron chi connectivity index (χ2n) is 8.84. The number of hydrogen-bond donors (Lipinski definition) is 8. The van der Waals surface area contributed by atoms with Crippen LogP contribution >= 0.6 is 0 Å². The summed E-state index contributed by atoms with van der Waals surface area (Å²) in [6, 6.07) is 8.10. The number of nitrogens with two attached hydrogens (primary N) is 1. The van der Waals surface area contributed by atoms with Gasteiger partial charge in [-0.15, -0.1) is 0 Å². The number of carbonyl (C=O) groups is 1. The molecule has 40 heavy (non-hydrogen) atoms. The van der Waals surface area contributed by atoms with E-state index in [1.54, 1.807) is 13.1 Å². The first kappa shape index (κ1) is 30.8. The number of methoxy groups -OCH3 is 1. The fourth-order valence-electron chi connectivity index (χ4n) is 3.84. The molecule has 4 rings (SSSR count). The third-order valence-electron chi connectivity index (χ3n) is 6.08. The van der Waals surface area contributed by atoms with E-state index in [0.717, 1.165) is 0 Å². The van der Waals surface area contributed by atoms with Crippen molar-refractivity contribution in [2.24, 2.45) is 5.73 Å². The van der Waals surface area contributed by atoms with Gasteiger partial charge in [-0.05, 0) is 36.9 Å². The molecule has 0 unspecified atom stereocenters. The molecule has 1 aliphatic heterocycles. The zero-order valence-corrected chi connectivity index (χ0v) is 21.6. The summed E-state index contributed by atoms with van der Waals surface area (Å²) in [5, 5.41) is 60.2. The molecule has 2 aromatic carbocycles. The van der Waals surface area contributed by atoms with Gasteiger partial charge in [0.1, 0.15) is 48.1 Å². The van der Waals surface area contributed by atoms with Gasteiger partial charge in [0.2, 0.25) is 6.29 Å². The molecule has 2 heterocycles. The summed E-state index contributed by atoms with van der Waals surface area (Å²) in [5.74, 6) is -0.652. The van der Waals surface area contributed by atoms with Crippen molar-refractivity contribution in [3.63, 3.8) is 0 Å². The van der Waals surface area contributed by atoms with Gasteiger partial charge in [0.05, 0.1) is 24.7 Å². The maximum absolute atomic E-state index is 12.9. The Kier molecular flexibility index (Phi) is 10.4. The Balaban J connectivity index is 0.000000482. The third kappa shape index (κ3) is 6.86. The summed E-state index contributed by atoms with van der Waals surface area (Å²) in [7, 11) is 3.08. The zero-order chi connectivity index (χ0) is 29.6. The van der Waals surface area contributed by atoms with Gasteiger partial charge in [-0.25, -0.2) is 0 Å². The Morgan fingerprint density at radius 3 is 2.42 bits per heavy atom. The molecule has 0 aliphatic carbocycles. The lowest BCUT2D eigenvalue weighted by molar-refractivity contribution is -0.277. The van der Waals surface area contributed by atoms with Gasteiger partial charge in [0.25, 0.3) is 0 Å². The van der Waals surface area contributed by atoms with Crippen molar-refractivity contribution < 1.29 is 54.1 Å². The Hall–Kier alpha value is -3.76. The highest BCUT2D eigenvalue weighted by Crippen LogP contribution is 2.32. The zero-order valence-electron chi connectivity index (χ0n) is 21.6. The number of aliphatic hydroxyl groups excluding tert-OH is 4. The van der Waals surface area contributed by atoms with Gasteiger partial charge in [-0.1, -0.05) is 6.07 Å². The topological polar surface area (TPSA) is 234 Å². The number of hydrogen-bond acceptors (Lipinski definition) is 13. The maximum atomic E-state index is 12.9. The lowest BCUT2D eigenvalue weighted by atomic mass is 9.99. The first-order chi connectivity index (χ1) is 19.0. The molecule has 1 aliphatic rings. The van der Waals surface area contributed by atoms with Crippen LogP contribution in [0.15, 0.2) is 51.9 Å². The van der Waals surface area contributed by atoms with Gasteiger partial charge < -0.3 is 60.3 Å². The number of carboxylic acids is 1. The Bertz CT molecular complexity index is 1360. The van der Waals surface area contributed by atoms with Gasteiger partial charge in [0, 0.05) is 12.6 Å². The van der Waals surface area contributed by atoms with E-state index in [1.165, 1.54) is 43.7 Å². The standard InChI is InChI=1S/C22H22O10.C4H10N2O2/c1-29-15-5-2-10(6-14(15)24)13-9-30-16-7-11(3-4-12(16)18(13)25)31-22-21(28)20(27)19(26)17(8-23)32-22;1-6-2-3(5)4(7)8/h2-7,9,17,19-24,26-28H,8H2,1H3;3,6H,2,5H2,1H3,(H,7,8)/t17-,19-,20+,21-,22-;3-/m11/s1. The average molecular weight is 565 g/mol. The summed E-state index contributed by atoms with van der Waals surface area (Å²) in [4.78, 5) is 22.9. The number of likely N-dealkylation sites (N-methyl/N-ethyl adjacent to an activating group) is 1. The van der Waals surface area contributed by atoms with Gasteiger partial charge in [-0.2, -0.15) is 0 Å². The molecule has 0 saturated carbocycles. The van der Waals surface area contributed by atoms with Crippen molar-refractivity contribution in [3.05, 3.63) is 52.9 Å². The van der Waals surface area contributed by atoms with E-state index in [1.807, 2.05) is 0 Å². The van der Waals surface area contributed by atoms with E-state index in [2.05, 4.69) is 5.32 Å². The minimum absolute atomic E-state index is 0.118. The van der Waals surface area contributed by atoms with Crippen LogP contribution in [0.25, 0.3) is 22.1 Å². The van der Waals surface area contributed by atoms with Crippen LogP contribution in [0, 0.1) is 0 Å². The summed E-state index contributed by atoms with van der Waals surface area (Å²) >= 11 is 0. The van der Waals surface area contributed by atoms with Crippen LogP contribution in [0.3, 0.4) is 0 Å². The summed E-state index contributed by atoms with van der Waals surface area (Å²) < 4.78 is 21.5. The Morgan fingerprint density at radius 2 is 1.85 bits per heavy atom. The monoisotopic (exact) mass is 564 g/mol. The first-order valence-electron chi connectivity index (χ1n) is 12.0. The number of ether oxygens (including phenoxy) is 3. The normalized spacial score (nSPS) is 23.1. The average Bonchev–Trinajstić information content (AvgIpc) is 2.94. The summed E-state index contributed by atoms with van der Waals surface area (Å²) in [6.45, 7) is -0.267.